The lowest BCUT2D eigenvalue weighted by molar-refractivity contribution is -0.386. The molecule has 3 rings (SSSR count). The molecular formula is C19H15NO8. The van der Waals surface area contributed by atoms with E-state index in [1.54, 1.807) is 37.3 Å². The maximum atomic E-state index is 12.3. The average molecular weight is 385 g/mol. The molecule has 1 N–H and O–H groups in total. The van der Waals surface area contributed by atoms with Gasteiger partial charge >= 0.3 is 17.6 Å². The molecule has 0 radical (unpaired) electrons. The maximum Gasteiger partial charge on any atom is 0.348 e. The van der Waals surface area contributed by atoms with E-state index in [0.29, 0.717) is 5.56 Å². The molecule has 144 valence electrons. The molecule has 9 heteroatoms. The molecule has 0 aromatic heterocycles. The number of hydrogen-bond donors (Lipinski definition) is 1. The van der Waals surface area contributed by atoms with Crippen LogP contribution in [0.2, 0.25) is 0 Å². The van der Waals surface area contributed by atoms with Gasteiger partial charge in [-0.2, -0.15) is 0 Å². The smallest absolute Gasteiger partial charge is 0.348 e. The second-order valence-electron chi connectivity index (χ2n) is 5.69. The molecule has 1 heterocycles. The Morgan fingerprint density at radius 3 is 2.39 bits per heavy atom. The topological polar surface area (TPSA) is 125 Å². The lowest BCUT2D eigenvalue weighted by Gasteiger charge is -2.24. The molecule has 0 aliphatic carbocycles. The van der Waals surface area contributed by atoms with Crippen molar-refractivity contribution >= 4 is 23.7 Å². The molecule has 0 spiro atoms. The van der Waals surface area contributed by atoms with E-state index in [1.165, 1.54) is 6.07 Å². The second kappa shape index (κ2) is 7.78. The average Bonchev–Trinajstić information content (AvgIpc) is 2.67. The number of ether oxygens (including phenoxy) is 3. The Balaban J connectivity index is 1.94. The van der Waals surface area contributed by atoms with E-state index in [-0.39, 0.29) is 17.9 Å². The van der Waals surface area contributed by atoms with Crippen molar-refractivity contribution in [3.8, 4) is 11.5 Å². The lowest BCUT2D eigenvalue weighted by atomic mass is 10.1. The quantitative estimate of drug-likeness (QED) is 0.274. The number of esters is 2. The van der Waals surface area contributed by atoms with Crippen molar-refractivity contribution in [1.29, 1.82) is 0 Å². The zero-order valence-electron chi connectivity index (χ0n) is 14.7. The number of carbonyl (C=O) groups is 2. The largest absolute Gasteiger partial charge is 0.500 e. The van der Waals surface area contributed by atoms with Crippen LogP contribution in [0.15, 0.2) is 48.0 Å². The van der Waals surface area contributed by atoms with Gasteiger partial charge in [0, 0.05) is 11.6 Å². The summed E-state index contributed by atoms with van der Waals surface area (Å²) in [7, 11) is 0. The van der Waals surface area contributed by atoms with E-state index < -0.39 is 40.2 Å². The van der Waals surface area contributed by atoms with Gasteiger partial charge in [0.15, 0.2) is 5.75 Å². The Bertz CT molecular complexity index is 947. The van der Waals surface area contributed by atoms with Crippen LogP contribution in [0.25, 0.3) is 6.08 Å². The van der Waals surface area contributed by atoms with Crippen molar-refractivity contribution < 1.29 is 33.8 Å². The number of benzene rings is 2. The molecule has 1 aliphatic rings. The minimum atomic E-state index is -1.17. The Hall–Kier alpha value is -3.88. The van der Waals surface area contributed by atoms with Crippen molar-refractivity contribution in [1.82, 2.24) is 0 Å². The lowest BCUT2D eigenvalue weighted by Crippen LogP contribution is -2.29. The molecule has 0 bridgehead atoms. The fourth-order valence-electron chi connectivity index (χ4n) is 2.56. The molecule has 9 nitrogen and oxygen atoms in total. The van der Waals surface area contributed by atoms with Gasteiger partial charge < -0.3 is 19.3 Å². The standard InChI is InChI=1S/C19H15NO8/c1-2-26-15-10-11(9-14(16(15)21)20(24)25)8-13-17(22)27-19(28-18(13)23)12-6-4-3-5-7-12/h3-10,19,21H,2H2,1H3. The summed E-state index contributed by atoms with van der Waals surface area (Å²) in [6.45, 7) is 1.78. The number of aromatic hydroxyl groups is 1. The van der Waals surface area contributed by atoms with Gasteiger partial charge in [0.2, 0.25) is 5.75 Å². The Morgan fingerprint density at radius 1 is 1.18 bits per heavy atom. The van der Waals surface area contributed by atoms with Crippen LogP contribution in [0.1, 0.15) is 24.3 Å². The number of nitrogens with zero attached hydrogens (tertiary/aromatic N) is 1. The summed E-state index contributed by atoms with van der Waals surface area (Å²) >= 11 is 0. The summed E-state index contributed by atoms with van der Waals surface area (Å²) in [5.74, 6) is -2.66. The normalized spacial score (nSPS) is 16.2. The molecule has 1 fully saturated rings. The van der Waals surface area contributed by atoms with Gasteiger partial charge in [-0.3, -0.25) is 10.1 Å². The highest BCUT2D eigenvalue weighted by Gasteiger charge is 2.34. The number of cyclic esters (lactones) is 2. The SMILES string of the molecule is CCOc1cc(C=C2C(=O)OC(c3ccccc3)OC2=O)cc([N+](=O)[O-])c1O. The Morgan fingerprint density at radius 2 is 1.82 bits per heavy atom. The molecule has 0 amide bonds. The highest BCUT2D eigenvalue weighted by Crippen LogP contribution is 2.38. The minimum absolute atomic E-state index is 0.0926. The highest BCUT2D eigenvalue weighted by molar-refractivity contribution is 6.18. The molecule has 1 saturated heterocycles. The predicted octanol–water partition coefficient (Wildman–Crippen LogP) is 2.88. The maximum absolute atomic E-state index is 12.3. The first-order chi connectivity index (χ1) is 13.4. The predicted molar refractivity (Wildman–Crippen MR) is 95.3 cm³/mol. The van der Waals surface area contributed by atoms with Gasteiger partial charge in [-0.1, -0.05) is 30.3 Å². The van der Waals surface area contributed by atoms with Crippen LogP contribution in [0.3, 0.4) is 0 Å². The first-order valence-electron chi connectivity index (χ1n) is 8.23. The molecule has 2 aromatic carbocycles. The van der Waals surface area contributed by atoms with E-state index in [9.17, 15) is 24.8 Å². The summed E-state index contributed by atoms with van der Waals surface area (Å²) < 4.78 is 15.5. The number of phenols is 1. The van der Waals surface area contributed by atoms with Crippen molar-refractivity contribution in [2.24, 2.45) is 0 Å². The van der Waals surface area contributed by atoms with Gasteiger partial charge in [-0.25, -0.2) is 9.59 Å². The molecule has 0 saturated carbocycles. The van der Waals surface area contributed by atoms with Crippen LogP contribution in [0.5, 0.6) is 11.5 Å². The van der Waals surface area contributed by atoms with E-state index in [0.717, 1.165) is 12.1 Å². The van der Waals surface area contributed by atoms with Crippen molar-refractivity contribution in [3.05, 3.63) is 69.3 Å². The Labute approximate surface area is 158 Å². The number of rotatable bonds is 5. The number of phenolic OH excluding ortho intramolecular Hbond substituents is 1. The van der Waals surface area contributed by atoms with E-state index in [2.05, 4.69) is 0 Å². The van der Waals surface area contributed by atoms with Crippen molar-refractivity contribution in [2.45, 2.75) is 13.2 Å². The summed E-state index contributed by atoms with van der Waals surface area (Å²) in [6, 6.07) is 10.7. The first-order valence-corrected chi connectivity index (χ1v) is 8.23. The fourth-order valence-corrected chi connectivity index (χ4v) is 2.56. The van der Waals surface area contributed by atoms with Crippen LogP contribution in [-0.4, -0.2) is 28.6 Å². The second-order valence-corrected chi connectivity index (χ2v) is 5.69. The van der Waals surface area contributed by atoms with Gasteiger partial charge in [0.05, 0.1) is 11.5 Å². The van der Waals surface area contributed by atoms with E-state index in [4.69, 9.17) is 14.2 Å². The van der Waals surface area contributed by atoms with Gasteiger partial charge in [0.1, 0.15) is 5.57 Å². The number of carbonyl (C=O) groups excluding carboxylic acids is 2. The molecule has 1 aliphatic heterocycles. The number of nitro groups is 1. The third-order valence-electron chi connectivity index (χ3n) is 3.82. The molecule has 2 aromatic rings. The zero-order chi connectivity index (χ0) is 20.3. The first kappa shape index (κ1) is 18.9. The molecular weight excluding hydrogens is 370 g/mol. The monoisotopic (exact) mass is 385 g/mol. The zero-order valence-corrected chi connectivity index (χ0v) is 14.7. The number of hydrogen-bond acceptors (Lipinski definition) is 8. The van der Waals surface area contributed by atoms with Crippen LogP contribution >= 0.6 is 0 Å². The summed E-state index contributed by atoms with van der Waals surface area (Å²) in [6.07, 6.45) is -0.0904. The molecule has 0 atom stereocenters. The van der Waals surface area contributed by atoms with Crippen LogP contribution in [-0.2, 0) is 19.1 Å². The minimum Gasteiger partial charge on any atom is -0.500 e. The van der Waals surface area contributed by atoms with E-state index in [1.807, 2.05) is 0 Å². The highest BCUT2D eigenvalue weighted by atomic mass is 16.7. The fraction of sp³-hybridized carbons (Fsp3) is 0.158. The summed E-state index contributed by atoms with van der Waals surface area (Å²) in [4.78, 5) is 34.9. The van der Waals surface area contributed by atoms with Crippen LogP contribution < -0.4 is 4.74 Å². The molecule has 0 unspecified atom stereocenters. The number of nitro benzene ring substituents is 1. The summed E-state index contributed by atoms with van der Waals surface area (Å²) in [5.41, 5.74) is -0.482. The Kier molecular flexibility index (Phi) is 5.25. The van der Waals surface area contributed by atoms with Crippen molar-refractivity contribution in [3.63, 3.8) is 0 Å². The van der Waals surface area contributed by atoms with Gasteiger partial charge in [-0.15, -0.1) is 0 Å². The van der Waals surface area contributed by atoms with Crippen LogP contribution in [0, 0.1) is 10.1 Å². The van der Waals surface area contributed by atoms with Gasteiger partial charge in [-0.05, 0) is 24.6 Å². The van der Waals surface area contributed by atoms with Crippen LogP contribution in [0.4, 0.5) is 5.69 Å². The van der Waals surface area contributed by atoms with Crippen molar-refractivity contribution in [2.75, 3.05) is 6.61 Å². The summed E-state index contributed by atoms with van der Waals surface area (Å²) in [5, 5.41) is 21.1. The third-order valence-corrected chi connectivity index (χ3v) is 3.82. The van der Waals surface area contributed by atoms with E-state index >= 15 is 0 Å². The molecule has 28 heavy (non-hydrogen) atoms. The third kappa shape index (κ3) is 3.78. The van der Waals surface area contributed by atoms with Gasteiger partial charge in [0.25, 0.3) is 6.29 Å².